The van der Waals surface area contributed by atoms with Gasteiger partial charge in [-0.2, -0.15) is 13.2 Å². The van der Waals surface area contributed by atoms with Crippen LogP contribution in [0.5, 0.6) is 0 Å². The maximum absolute atomic E-state index is 14.4. The molecule has 7 heteroatoms. The van der Waals surface area contributed by atoms with Crippen molar-refractivity contribution in [1.82, 2.24) is 4.90 Å². The molecule has 0 N–H and O–H groups in total. The number of piperidine rings is 1. The second-order valence-electron chi connectivity index (χ2n) is 12.3. The summed E-state index contributed by atoms with van der Waals surface area (Å²) in [5.74, 6) is 0.648. The highest BCUT2D eigenvalue weighted by Crippen LogP contribution is 2.41. The van der Waals surface area contributed by atoms with E-state index < -0.39 is 17.8 Å². The number of nitrogens with zero attached hydrogens (tertiary/aromatic N) is 3. The smallest absolute Gasteiger partial charge is 0.380 e. The summed E-state index contributed by atoms with van der Waals surface area (Å²) in [5.41, 5.74) is 5.97. The van der Waals surface area contributed by atoms with Gasteiger partial charge in [0, 0.05) is 12.6 Å². The Balaban J connectivity index is 1.53. The molecule has 1 aromatic rings. The van der Waals surface area contributed by atoms with Crippen molar-refractivity contribution in [3.8, 4) is 0 Å². The normalized spacial score (nSPS) is 27.5. The Kier molecular flexibility index (Phi) is 9.34. The maximum Gasteiger partial charge on any atom is 0.418 e. The van der Waals surface area contributed by atoms with Gasteiger partial charge >= 0.3 is 6.18 Å². The highest BCUT2D eigenvalue weighted by molar-refractivity contribution is 6.11. The quantitative estimate of drug-likeness (QED) is 0.333. The van der Waals surface area contributed by atoms with Crippen LogP contribution in [-0.4, -0.2) is 61.5 Å². The lowest BCUT2D eigenvalue weighted by atomic mass is 9.79. The first kappa shape index (κ1) is 30.0. The lowest BCUT2D eigenvalue weighted by Gasteiger charge is -2.36. The van der Waals surface area contributed by atoms with Crippen LogP contribution in [0.2, 0.25) is 0 Å². The van der Waals surface area contributed by atoms with Gasteiger partial charge in [0.15, 0.2) is 0 Å². The standard InChI is InChI=1S/C34H44F3N3O/c1-5-7-28(26-8-6-9-31-33(39-21-38-31)30(19-26)34(35,36)37)32(22(2)3)29-18-25(11-10-23(29)4)24-12-15-40(16-13-24)27-14-17-41-20-27/h8,10-11,18-19,21-22,24,27,31H,5-7,9,12-17,20H2,1-4H3/b26-8+,30-19+,32-28+. The fraction of sp³-hybridized carbons (Fsp3) is 0.588. The van der Waals surface area contributed by atoms with Crippen molar-refractivity contribution in [3.05, 3.63) is 63.8 Å². The first-order valence-corrected chi connectivity index (χ1v) is 15.4. The number of allylic oxidation sites excluding steroid dienone is 5. The Morgan fingerprint density at radius 2 is 1.90 bits per heavy atom. The third kappa shape index (κ3) is 6.61. The van der Waals surface area contributed by atoms with E-state index in [0.29, 0.717) is 30.4 Å². The second kappa shape index (κ2) is 12.8. The third-order valence-electron chi connectivity index (χ3n) is 9.17. The molecule has 0 bridgehead atoms. The van der Waals surface area contributed by atoms with E-state index in [1.807, 2.05) is 6.08 Å². The summed E-state index contributed by atoms with van der Waals surface area (Å²) in [5, 5.41) is 0. The minimum atomic E-state index is -4.49. The zero-order chi connectivity index (χ0) is 29.1. The minimum Gasteiger partial charge on any atom is -0.380 e. The van der Waals surface area contributed by atoms with Gasteiger partial charge in [-0.1, -0.05) is 51.5 Å². The average molecular weight is 568 g/mol. The lowest BCUT2D eigenvalue weighted by molar-refractivity contribution is -0.0863. The molecule has 1 aromatic carbocycles. The summed E-state index contributed by atoms with van der Waals surface area (Å²) in [7, 11) is 0. The molecule has 3 aliphatic heterocycles. The highest BCUT2D eigenvalue weighted by atomic mass is 19.4. The van der Waals surface area contributed by atoms with Crippen molar-refractivity contribution in [3.63, 3.8) is 0 Å². The topological polar surface area (TPSA) is 37.2 Å². The van der Waals surface area contributed by atoms with Crippen molar-refractivity contribution >= 4 is 17.6 Å². The number of ether oxygens (including phenoxy) is 1. The zero-order valence-electron chi connectivity index (χ0n) is 24.9. The molecule has 0 amide bonds. The molecule has 0 saturated carbocycles. The van der Waals surface area contributed by atoms with Crippen LogP contribution in [0.15, 0.2) is 57.1 Å². The molecule has 1 aliphatic carbocycles. The number of rotatable bonds is 7. The lowest BCUT2D eigenvalue weighted by Crippen LogP contribution is -2.41. The van der Waals surface area contributed by atoms with Crippen LogP contribution in [0.3, 0.4) is 0 Å². The zero-order valence-corrected chi connectivity index (χ0v) is 24.9. The molecule has 222 valence electrons. The molecule has 4 nitrogen and oxygen atoms in total. The SMILES string of the molecule is CCCC(/C1=C/CCC2N=CN=C2/C(C(F)(F)F)=C\1)=C(\c1cc(C2CCN(C3CCOC3)CC2)ccc1C)C(C)C. The van der Waals surface area contributed by atoms with E-state index in [1.165, 1.54) is 29.1 Å². The maximum atomic E-state index is 14.4. The summed E-state index contributed by atoms with van der Waals surface area (Å²) in [6.07, 6.45) is 6.30. The predicted molar refractivity (Wildman–Crippen MR) is 162 cm³/mol. The van der Waals surface area contributed by atoms with Crippen molar-refractivity contribution in [2.24, 2.45) is 15.9 Å². The first-order chi connectivity index (χ1) is 19.7. The largest absolute Gasteiger partial charge is 0.418 e. The van der Waals surface area contributed by atoms with E-state index in [9.17, 15) is 13.2 Å². The molecule has 2 unspecified atom stereocenters. The molecular weight excluding hydrogens is 523 g/mol. The Labute approximate surface area is 243 Å². The number of aliphatic imine (C=N–C) groups is 2. The van der Waals surface area contributed by atoms with E-state index in [-0.39, 0.29) is 11.6 Å². The van der Waals surface area contributed by atoms with Crippen LogP contribution in [0.1, 0.15) is 88.3 Å². The van der Waals surface area contributed by atoms with Crippen molar-refractivity contribution < 1.29 is 17.9 Å². The van der Waals surface area contributed by atoms with E-state index >= 15 is 0 Å². The number of aryl methyl sites for hydroxylation is 1. The molecule has 4 aliphatic rings. The van der Waals surface area contributed by atoms with Crippen molar-refractivity contribution in [2.75, 3.05) is 26.3 Å². The number of likely N-dealkylation sites (tertiary alicyclic amines) is 1. The highest BCUT2D eigenvalue weighted by Gasteiger charge is 2.41. The van der Waals surface area contributed by atoms with Crippen LogP contribution in [0.4, 0.5) is 13.2 Å². The van der Waals surface area contributed by atoms with Gasteiger partial charge in [-0.3, -0.25) is 9.89 Å². The van der Waals surface area contributed by atoms with Crippen LogP contribution in [0, 0.1) is 12.8 Å². The molecule has 5 rings (SSSR count). The van der Waals surface area contributed by atoms with Crippen LogP contribution < -0.4 is 0 Å². The van der Waals surface area contributed by atoms with Gasteiger partial charge in [0.2, 0.25) is 0 Å². The van der Waals surface area contributed by atoms with Crippen LogP contribution in [-0.2, 0) is 4.74 Å². The molecule has 2 saturated heterocycles. The van der Waals surface area contributed by atoms with Gasteiger partial charge in [-0.15, -0.1) is 0 Å². The van der Waals surface area contributed by atoms with Gasteiger partial charge in [0.05, 0.1) is 23.9 Å². The molecule has 3 heterocycles. The number of hydrogen-bond donors (Lipinski definition) is 0. The molecule has 41 heavy (non-hydrogen) atoms. The number of benzene rings is 1. The number of hydrogen-bond acceptors (Lipinski definition) is 4. The Bertz CT molecular complexity index is 1260. The Morgan fingerprint density at radius 1 is 1.12 bits per heavy atom. The molecular formula is C34H44F3N3O. The number of fused-ring (bicyclic) bond motifs is 1. The second-order valence-corrected chi connectivity index (χ2v) is 12.3. The minimum absolute atomic E-state index is 0.0544. The summed E-state index contributed by atoms with van der Waals surface area (Å²) < 4.78 is 48.8. The first-order valence-electron chi connectivity index (χ1n) is 15.4. The van der Waals surface area contributed by atoms with Crippen molar-refractivity contribution in [2.45, 2.75) is 96.8 Å². The van der Waals surface area contributed by atoms with Gasteiger partial charge in [-0.05, 0) is 110 Å². The summed E-state index contributed by atoms with van der Waals surface area (Å²) in [4.78, 5) is 10.9. The van der Waals surface area contributed by atoms with E-state index in [0.717, 1.165) is 69.6 Å². The summed E-state index contributed by atoms with van der Waals surface area (Å²) in [6, 6.07) is 6.87. The number of halogens is 3. The number of alkyl halides is 3. The van der Waals surface area contributed by atoms with Crippen LogP contribution in [0.25, 0.3) is 5.57 Å². The Hall–Kier alpha value is -2.51. The van der Waals surface area contributed by atoms with E-state index in [2.05, 4.69) is 60.8 Å². The third-order valence-corrected chi connectivity index (χ3v) is 9.17. The van der Waals surface area contributed by atoms with Gasteiger partial charge in [0.25, 0.3) is 0 Å². The summed E-state index contributed by atoms with van der Waals surface area (Å²) >= 11 is 0. The molecule has 2 fully saturated rings. The van der Waals surface area contributed by atoms with E-state index in [4.69, 9.17) is 4.74 Å². The van der Waals surface area contributed by atoms with E-state index in [1.54, 1.807) is 0 Å². The fourth-order valence-electron chi connectivity index (χ4n) is 7.01. The predicted octanol–water partition coefficient (Wildman–Crippen LogP) is 8.23. The van der Waals surface area contributed by atoms with Gasteiger partial charge in [-0.25, -0.2) is 4.99 Å². The van der Waals surface area contributed by atoms with Crippen molar-refractivity contribution in [1.29, 1.82) is 0 Å². The van der Waals surface area contributed by atoms with Gasteiger partial charge < -0.3 is 4.74 Å². The van der Waals surface area contributed by atoms with Crippen LogP contribution >= 0.6 is 0 Å². The molecule has 0 aromatic heterocycles. The Morgan fingerprint density at radius 3 is 2.56 bits per heavy atom. The molecule has 0 spiro atoms. The molecule has 2 atom stereocenters. The van der Waals surface area contributed by atoms with Gasteiger partial charge in [0.1, 0.15) is 6.34 Å². The summed E-state index contributed by atoms with van der Waals surface area (Å²) in [6.45, 7) is 12.5. The average Bonchev–Trinajstić information content (AvgIpc) is 3.62. The fourth-order valence-corrected chi connectivity index (χ4v) is 7.01. The molecule has 0 radical (unpaired) electrons. The monoisotopic (exact) mass is 567 g/mol.